The lowest BCUT2D eigenvalue weighted by Gasteiger charge is -2.22. The molecule has 0 bridgehead atoms. The lowest BCUT2D eigenvalue weighted by atomic mass is 9.93. The van der Waals surface area contributed by atoms with Gasteiger partial charge in [-0.25, -0.2) is 0 Å². The van der Waals surface area contributed by atoms with Crippen LogP contribution in [-0.2, 0) is 23.7 Å². The van der Waals surface area contributed by atoms with Gasteiger partial charge in [0.05, 0.1) is 32.3 Å². The first-order chi connectivity index (χ1) is 10.1. The van der Waals surface area contributed by atoms with Gasteiger partial charge in [0.2, 0.25) is 0 Å². The van der Waals surface area contributed by atoms with E-state index in [2.05, 4.69) is 6.58 Å². The van der Waals surface area contributed by atoms with Crippen LogP contribution in [0.3, 0.4) is 0 Å². The molecule has 2 atom stereocenters. The maximum absolute atomic E-state index is 10.7. The van der Waals surface area contributed by atoms with E-state index in [1.54, 1.807) is 13.0 Å². The minimum atomic E-state index is -0.749. The Hall–Kier alpha value is -0.950. The highest BCUT2D eigenvalue weighted by Crippen LogP contribution is 2.24. The topological polar surface area (TPSA) is 74.2 Å². The Labute approximate surface area is 126 Å². The summed E-state index contributed by atoms with van der Waals surface area (Å²) >= 11 is 0. The molecule has 0 amide bonds. The number of carboxylic acid groups (broad SMARTS) is 1. The Morgan fingerprint density at radius 1 is 1.24 bits per heavy atom. The molecule has 0 radical (unpaired) electrons. The molecule has 2 unspecified atom stereocenters. The van der Waals surface area contributed by atoms with Crippen LogP contribution in [0.15, 0.2) is 12.7 Å². The van der Waals surface area contributed by atoms with Crippen molar-refractivity contribution in [3.05, 3.63) is 12.7 Å². The van der Waals surface area contributed by atoms with Crippen LogP contribution in [0, 0.1) is 11.8 Å². The molecule has 21 heavy (non-hydrogen) atoms. The van der Waals surface area contributed by atoms with Crippen molar-refractivity contribution in [2.45, 2.75) is 39.3 Å². The highest BCUT2D eigenvalue weighted by atomic mass is 16.7. The van der Waals surface area contributed by atoms with Crippen LogP contribution >= 0.6 is 0 Å². The third kappa shape index (κ3) is 6.56. The van der Waals surface area contributed by atoms with E-state index < -0.39 is 5.97 Å². The predicted molar refractivity (Wildman–Crippen MR) is 76.8 cm³/mol. The number of hydrogen-bond acceptors (Lipinski definition) is 5. The fourth-order valence-corrected chi connectivity index (χ4v) is 2.19. The van der Waals surface area contributed by atoms with E-state index in [1.165, 1.54) is 0 Å². The third-order valence-corrected chi connectivity index (χ3v) is 3.47. The van der Waals surface area contributed by atoms with Crippen molar-refractivity contribution in [2.75, 3.05) is 26.4 Å². The average Bonchev–Trinajstić information content (AvgIpc) is 3.17. The summed E-state index contributed by atoms with van der Waals surface area (Å²) in [6, 6.07) is 0. The van der Waals surface area contributed by atoms with Crippen LogP contribution in [0.25, 0.3) is 0 Å². The standard InChI is InChI=1S/C10H18O4.C5H8O2/c1-3-8(6-7(2)9(11)12)10-13-4-5-14-10;1-2-5-6-3-4-7-5/h7-8,10H,3-6H2,1-2H3,(H,11,12);2,5H,1,3-4H2. The first-order valence-corrected chi connectivity index (χ1v) is 7.40. The highest BCUT2D eigenvalue weighted by Gasteiger charge is 2.28. The number of aliphatic carboxylic acids is 1. The Kier molecular flexibility index (Phi) is 8.52. The van der Waals surface area contributed by atoms with E-state index >= 15 is 0 Å². The SMILES string of the molecule is C=CC1OCCO1.CCC(CC(C)C(=O)O)C1OCCO1. The van der Waals surface area contributed by atoms with Crippen molar-refractivity contribution in [3.8, 4) is 0 Å². The minimum absolute atomic E-state index is 0.139. The number of hydrogen-bond donors (Lipinski definition) is 1. The summed E-state index contributed by atoms with van der Waals surface area (Å²) in [7, 11) is 0. The molecule has 6 heteroatoms. The van der Waals surface area contributed by atoms with E-state index in [0.717, 1.165) is 6.42 Å². The molecule has 122 valence electrons. The van der Waals surface area contributed by atoms with Gasteiger partial charge in [-0.2, -0.15) is 0 Å². The molecule has 2 saturated heterocycles. The van der Waals surface area contributed by atoms with Crippen molar-refractivity contribution in [3.63, 3.8) is 0 Å². The fraction of sp³-hybridized carbons (Fsp3) is 0.800. The quantitative estimate of drug-likeness (QED) is 0.757. The maximum Gasteiger partial charge on any atom is 0.306 e. The van der Waals surface area contributed by atoms with Gasteiger partial charge in [-0.3, -0.25) is 4.79 Å². The van der Waals surface area contributed by atoms with Gasteiger partial charge in [0.25, 0.3) is 0 Å². The maximum atomic E-state index is 10.7. The fourth-order valence-electron chi connectivity index (χ4n) is 2.19. The van der Waals surface area contributed by atoms with Crippen LogP contribution in [-0.4, -0.2) is 50.1 Å². The second kappa shape index (κ2) is 9.89. The van der Waals surface area contributed by atoms with Crippen molar-refractivity contribution in [1.29, 1.82) is 0 Å². The molecule has 2 rings (SSSR count). The second-order valence-electron chi connectivity index (χ2n) is 5.10. The molecule has 2 aliphatic heterocycles. The number of carboxylic acids is 1. The molecule has 1 N–H and O–H groups in total. The Morgan fingerprint density at radius 2 is 1.76 bits per heavy atom. The van der Waals surface area contributed by atoms with E-state index in [4.69, 9.17) is 24.1 Å². The molecule has 0 aromatic rings. The smallest absolute Gasteiger partial charge is 0.306 e. The second-order valence-corrected chi connectivity index (χ2v) is 5.10. The first-order valence-electron chi connectivity index (χ1n) is 7.40. The molecule has 0 saturated carbocycles. The lowest BCUT2D eigenvalue weighted by molar-refractivity contribution is -0.143. The van der Waals surface area contributed by atoms with Gasteiger partial charge in [-0.1, -0.05) is 20.4 Å². The monoisotopic (exact) mass is 302 g/mol. The molecule has 0 aliphatic carbocycles. The normalized spacial score (nSPS) is 22.4. The number of rotatable bonds is 6. The van der Waals surface area contributed by atoms with E-state index in [-0.39, 0.29) is 24.4 Å². The first kappa shape index (κ1) is 18.1. The molecule has 6 nitrogen and oxygen atoms in total. The molecule has 0 aromatic heterocycles. The summed E-state index contributed by atoms with van der Waals surface area (Å²) in [6.45, 7) is 9.91. The van der Waals surface area contributed by atoms with E-state index in [1.807, 2.05) is 6.92 Å². The van der Waals surface area contributed by atoms with Gasteiger partial charge < -0.3 is 24.1 Å². The Bertz CT molecular complexity index is 307. The molecular formula is C15H26O6. The van der Waals surface area contributed by atoms with E-state index in [0.29, 0.717) is 32.8 Å². The third-order valence-electron chi connectivity index (χ3n) is 3.47. The van der Waals surface area contributed by atoms with Crippen LogP contribution in [0.1, 0.15) is 26.7 Å². The minimum Gasteiger partial charge on any atom is -0.481 e. The van der Waals surface area contributed by atoms with Gasteiger partial charge >= 0.3 is 5.97 Å². The van der Waals surface area contributed by atoms with Crippen LogP contribution < -0.4 is 0 Å². The van der Waals surface area contributed by atoms with Crippen molar-refractivity contribution < 1.29 is 28.8 Å². The largest absolute Gasteiger partial charge is 0.481 e. The highest BCUT2D eigenvalue weighted by molar-refractivity contribution is 5.69. The van der Waals surface area contributed by atoms with Gasteiger partial charge in [-0.05, 0) is 18.9 Å². The molecule has 0 spiro atoms. The van der Waals surface area contributed by atoms with Gasteiger partial charge in [-0.15, -0.1) is 0 Å². The number of ether oxygens (including phenoxy) is 4. The van der Waals surface area contributed by atoms with E-state index in [9.17, 15) is 4.79 Å². The molecule has 2 aliphatic rings. The zero-order valence-corrected chi connectivity index (χ0v) is 12.8. The Balaban J connectivity index is 0.000000262. The van der Waals surface area contributed by atoms with Gasteiger partial charge in [0.1, 0.15) is 0 Å². The average molecular weight is 302 g/mol. The molecule has 2 fully saturated rings. The van der Waals surface area contributed by atoms with Crippen molar-refractivity contribution in [2.24, 2.45) is 11.8 Å². The summed E-state index contributed by atoms with van der Waals surface area (Å²) < 4.78 is 20.7. The number of carbonyl (C=O) groups is 1. The summed E-state index contributed by atoms with van der Waals surface area (Å²) in [5.74, 6) is -0.877. The van der Waals surface area contributed by atoms with Crippen LogP contribution in [0.4, 0.5) is 0 Å². The Morgan fingerprint density at radius 3 is 2.14 bits per heavy atom. The van der Waals surface area contributed by atoms with Crippen molar-refractivity contribution in [1.82, 2.24) is 0 Å². The zero-order chi connectivity index (χ0) is 15.7. The molecular weight excluding hydrogens is 276 g/mol. The van der Waals surface area contributed by atoms with Gasteiger partial charge in [0.15, 0.2) is 12.6 Å². The summed E-state index contributed by atoms with van der Waals surface area (Å²) in [5.41, 5.74) is 0. The summed E-state index contributed by atoms with van der Waals surface area (Å²) in [6.07, 6.45) is 2.83. The summed E-state index contributed by atoms with van der Waals surface area (Å²) in [4.78, 5) is 10.7. The van der Waals surface area contributed by atoms with Gasteiger partial charge in [0, 0.05) is 5.92 Å². The zero-order valence-electron chi connectivity index (χ0n) is 12.8. The molecule has 2 heterocycles. The molecule has 0 aromatic carbocycles. The van der Waals surface area contributed by atoms with Crippen LogP contribution in [0.5, 0.6) is 0 Å². The lowest BCUT2D eigenvalue weighted by Crippen LogP contribution is -2.25. The van der Waals surface area contributed by atoms with Crippen molar-refractivity contribution >= 4 is 5.97 Å². The predicted octanol–water partition coefficient (Wildman–Crippen LogP) is 2.04. The summed E-state index contributed by atoms with van der Waals surface area (Å²) in [5, 5.41) is 8.79. The van der Waals surface area contributed by atoms with Crippen LogP contribution in [0.2, 0.25) is 0 Å².